The van der Waals surface area contributed by atoms with Crippen molar-refractivity contribution in [1.82, 2.24) is 5.16 Å². The lowest BCUT2D eigenvalue weighted by Crippen LogP contribution is -2.06. The number of carbonyl (C=O) groups is 1. The maximum absolute atomic E-state index is 11.1. The average molecular weight is 246 g/mol. The predicted octanol–water partition coefficient (Wildman–Crippen LogP) is 2.60. The van der Waals surface area contributed by atoms with Crippen molar-refractivity contribution in [3.05, 3.63) is 46.8 Å². The van der Waals surface area contributed by atoms with E-state index in [1.54, 1.807) is 12.1 Å². The molecule has 94 valence electrons. The van der Waals surface area contributed by atoms with Crippen LogP contribution in [-0.4, -0.2) is 16.2 Å². The second-order valence-electron chi connectivity index (χ2n) is 4.14. The highest BCUT2D eigenvalue weighted by molar-refractivity contribution is 5.94. The fourth-order valence-corrected chi connectivity index (χ4v) is 1.68. The van der Waals surface area contributed by atoms with Crippen molar-refractivity contribution >= 4 is 11.7 Å². The van der Waals surface area contributed by atoms with Gasteiger partial charge in [0.05, 0.1) is 12.1 Å². The van der Waals surface area contributed by atoms with E-state index < -0.39 is 5.97 Å². The summed E-state index contributed by atoms with van der Waals surface area (Å²) in [7, 11) is 0. The maximum atomic E-state index is 11.1. The second kappa shape index (κ2) is 4.91. The summed E-state index contributed by atoms with van der Waals surface area (Å²) < 4.78 is 4.94. The van der Waals surface area contributed by atoms with Gasteiger partial charge in [-0.05, 0) is 26.0 Å². The summed E-state index contributed by atoms with van der Waals surface area (Å²) in [5, 5.41) is 16.0. The van der Waals surface area contributed by atoms with Gasteiger partial charge in [0.25, 0.3) is 0 Å². The molecule has 1 aromatic carbocycles. The fourth-order valence-electron chi connectivity index (χ4n) is 1.68. The fraction of sp³-hybridized carbons (Fsp3) is 0.231. The van der Waals surface area contributed by atoms with Crippen LogP contribution in [0.25, 0.3) is 0 Å². The Morgan fingerprint density at radius 2 is 2.17 bits per heavy atom. The zero-order chi connectivity index (χ0) is 13.1. The van der Waals surface area contributed by atoms with E-state index in [0.29, 0.717) is 12.2 Å². The third-order valence-corrected chi connectivity index (χ3v) is 2.54. The number of anilines is 1. The predicted molar refractivity (Wildman–Crippen MR) is 66.7 cm³/mol. The van der Waals surface area contributed by atoms with Gasteiger partial charge in [-0.25, -0.2) is 4.79 Å². The Labute approximate surface area is 104 Å². The third-order valence-electron chi connectivity index (χ3n) is 2.54. The van der Waals surface area contributed by atoms with E-state index in [-0.39, 0.29) is 5.56 Å². The Morgan fingerprint density at radius 1 is 1.39 bits per heavy atom. The summed E-state index contributed by atoms with van der Waals surface area (Å²) in [6, 6.07) is 7.06. The van der Waals surface area contributed by atoms with Gasteiger partial charge in [0.2, 0.25) is 0 Å². The zero-order valence-corrected chi connectivity index (χ0v) is 10.2. The van der Waals surface area contributed by atoms with Gasteiger partial charge >= 0.3 is 5.97 Å². The molecule has 0 saturated carbocycles. The lowest BCUT2D eigenvalue weighted by Gasteiger charge is -2.08. The van der Waals surface area contributed by atoms with E-state index in [1.807, 2.05) is 26.0 Å². The summed E-state index contributed by atoms with van der Waals surface area (Å²) in [5.74, 6) is -0.216. The van der Waals surface area contributed by atoms with E-state index >= 15 is 0 Å². The number of aromatic nitrogens is 1. The number of aromatic carboxylic acids is 1. The first-order valence-electron chi connectivity index (χ1n) is 5.56. The molecule has 1 aromatic heterocycles. The molecule has 5 heteroatoms. The van der Waals surface area contributed by atoms with Crippen molar-refractivity contribution in [3.8, 4) is 0 Å². The molecule has 0 spiro atoms. The molecule has 0 saturated heterocycles. The molecular weight excluding hydrogens is 232 g/mol. The molecule has 2 aromatic rings. The quantitative estimate of drug-likeness (QED) is 0.867. The van der Waals surface area contributed by atoms with Crippen LogP contribution in [0.2, 0.25) is 0 Å². The van der Waals surface area contributed by atoms with Crippen molar-refractivity contribution in [3.63, 3.8) is 0 Å². The monoisotopic (exact) mass is 246 g/mol. The Balaban J connectivity index is 2.16. The second-order valence-corrected chi connectivity index (χ2v) is 4.14. The van der Waals surface area contributed by atoms with Gasteiger partial charge in [0.15, 0.2) is 0 Å². The number of carboxylic acid groups (broad SMARTS) is 1. The SMILES string of the molecule is Cc1ccc(NCc2cc(C)on2)c(C(=O)O)c1. The van der Waals surface area contributed by atoms with Gasteiger partial charge < -0.3 is 14.9 Å². The highest BCUT2D eigenvalue weighted by Crippen LogP contribution is 2.18. The van der Waals surface area contributed by atoms with Gasteiger partial charge in [0, 0.05) is 11.8 Å². The Bertz CT molecular complexity index is 575. The lowest BCUT2D eigenvalue weighted by molar-refractivity contribution is 0.0698. The first-order valence-corrected chi connectivity index (χ1v) is 5.56. The molecule has 1 heterocycles. The number of carboxylic acids is 1. The van der Waals surface area contributed by atoms with Crippen LogP contribution >= 0.6 is 0 Å². The van der Waals surface area contributed by atoms with Crippen molar-refractivity contribution in [2.45, 2.75) is 20.4 Å². The molecule has 0 fully saturated rings. The first kappa shape index (κ1) is 12.2. The van der Waals surface area contributed by atoms with Crippen LogP contribution in [0.1, 0.15) is 27.4 Å². The molecule has 2 rings (SSSR count). The van der Waals surface area contributed by atoms with Crippen LogP contribution in [0.4, 0.5) is 5.69 Å². The van der Waals surface area contributed by atoms with E-state index in [4.69, 9.17) is 9.63 Å². The molecule has 0 unspecified atom stereocenters. The summed E-state index contributed by atoms with van der Waals surface area (Å²) in [6.45, 7) is 4.10. The van der Waals surface area contributed by atoms with Crippen LogP contribution in [0.5, 0.6) is 0 Å². The number of nitrogens with one attached hydrogen (secondary N) is 1. The molecule has 0 radical (unpaired) electrons. The molecular formula is C13H14N2O3. The van der Waals surface area contributed by atoms with Gasteiger partial charge in [-0.15, -0.1) is 0 Å². The average Bonchev–Trinajstić information content (AvgIpc) is 2.73. The van der Waals surface area contributed by atoms with Crippen molar-refractivity contribution in [1.29, 1.82) is 0 Å². The van der Waals surface area contributed by atoms with Crippen molar-refractivity contribution < 1.29 is 14.4 Å². The van der Waals surface area contributed by atoms with Crippen LogP contribution in [0, 0.1) is 13.8 Å². The Kier molecular flexibility index (Phi) is 3.32. The minimum atomic E-state index is -0.947. The Hall–Kier alpha value is -2.30. The normalized spacial score (nSPS) is 10.3. The van der Waals surface area contributed by atoms with Crippen molar-refractivity contribution in [2.75, 3.05) is 5.32 Å². The highest BCUT2D eigenvalue weighted by Gasteiger charge is 2.10. The molecule has 0 aliphatic carbocycles. The summed E-state index contributed by atoms with van der Waals surface area (Å²) in [5.41, 5.74) is 2.49. The minimum absolute atomic E-state index is 0.259. The molecule has 5 nitrogen and oxygen atoms in total. The highest BCUT2D eigenvalue weighted by atomic mass is 16.5. The molecule has 0 aliphatic rings. The van der Waals surface area contributed by atoms with Crippen LogP contribution in [-0.2, 0) is 6.54 Å². The van der Waals surface area contributed by atoms with Gasteiger partial charge in [-0.3, -0.25) is 0 Å². The van der Waals surface area contributed by atoms with Crippen molar-refractivity contribution in [2.24, 2.45) is 0 Å². The topological polar surface area (TPSA) is 75.4 Å². The number of rotatable bonds is 4. The van der Waals surface area contributed by atoms with Crippen LogP contribution in [0.15, 0.2) is 28.8 Å². The Morgan fingerprint density at radius 3 is 2.78 bits per heavy atom. The molecule has 18 heavy (non-hydrogen) atoms. The number of aryl methyl sites for hydroxylation is 2. The van der Waals surface area contributed by atoms with Gasteiger partial charge in [-0.1, -0.05) is 16.8 Å². The van der Waals surface area contributed by atoms with Crippen LogP contribution < -0.4 is 5.32 Å². The molecule has 2 N–H and O–H groups in total. The largest absolute Gasteiger partial charge is 0.478 e. The van der Waals surface area contributed by atoms with E-state index in [9.17, 15) is 4.79 Å². The summed E-state index contributed by atoms with van der Waals surface area (Å²) in [6.07, 6.45) is 0. The summed E-state index contributed by atoms with van der Waals surface area (Å²) in [4.78, 5) is 11.1. The van der Waals surface area contributed by atoms with E-state index in [0.717, 1.165) is 17.0 Å². The number of benzene rings is 1. The molecule has 0 bridgehead atoms. The lowest BCUT2D eigenvalue weighted by atomic mass is 10.1. The van der Waals surface area contributed by atoms with E-state index in [1.165, 1.54) is 0 Å². The zero-order valence-electron chi connectivity index (χ0n) is 10.2. The molecule has 0 aliphatic heterocycles. The molecule has 0 amide bonds. The number of hydrogen-bond acceptors (Lipinski definition) is 4. The number of hydrogen-bond donors (Lipinski definition) is 2. The third kappa shape index (κ3) is 2.68. The summed E-state index contributed by atoms with van der Waals surface area (Å²) >= 11 is 0. The van der Waals surface area contributed by atoms with Gasteiger partial charge in [0.1, 0.15) is 11.5 Å². The molecule has 0 atom stereocenters. The standard InChI is InChI=1S/C13H14N2O3/c1-8-3-4-12(11(5-8)13(16)17)14-7-10-6-9(2)18-15-10/h3-6,14H,7H2,1-2H3,(H,16,17). The first-order chi connectivity index (χ1) is 8.56. The van der Waals surface area contributed by atoms with Crippen LogP contribution in [0.3, 0.4) is 0 Å². The van der Waals surface area contributed by atoms with Gasteiger partial charge in [-0.2, -0.15) is 0 Å². The maximum Gasteiger partial charge on any atom is 0.337 e. The smallest absolute Gasteiger partial charge is 0.337 e. The van der Waals surface area contributed by atoms with E-state index in [2.05, 4.69) is 10.5 Å². The number of nitrogens with zero attached hydrogens (tertiary/aromatic N) is 1. The minimum Gasteiger partial charge on any atom is -0.478 e.